The van der Waals surface area contributed by atoms with Crippen molar-refractivity contribution in [3.8, 4) is 5.75 Å². The Hall–Kier alpha value is -2.79. The zero-order valence-electron chi connectivity index (χ0n) is 13.1. The molecule has 120 valence electrons. The molecule has 0 bridgehead atoms. The van der Waals surface area contributed by atoms with Crippen molar-refractivity contribution in [3.63, 3.8) is 0 Å². The fourth-order valence-corrected chi connectivity index (χ4v) is 3.00. The van der Waals surface area contributed by atoms with Crippen molar-refractivity contribution < 1.29 is 9.90 Å². The molecule has 3 rings (SSSR count). The molecule has 1 aliphatic heterocycles. The second-order valence-corrected chi connectivity index (χ2v) is 6.19. The first-order valence-corrected chi connectivity index (χ1v) is 8.22. The topological polar surface area (TPSA) is 52.9 Å². The number of benzene rings is 2. The van der Waals surface area contributed by atoms with Gasteiger partial charge in [-0.15, -0.1) is 0 Å². The number of carbonyl (C=O) groups is 1. The average molecular weight is 336 g/mol. The first kappa shape index (κ1) is 16.1. The first-order chi connectivity index (χ1) is 11.6. The number of hydrogen-bond donors (Lipinski definition) is 1. The normalized spacial score (nSPS) is 16.0. The Bertz CT molecular complexity index is 824. The zero-order valence-corrected chi connectivity index (χ0v) is 13.9. The molecule has 4 nitrogen and oxygen atoms in total. The summed E-state index contributed by atoms with van der Waals surface area (Å²) in [6, 6.07) is 16.7. The summed E-state index contributed by atoms with van der Waals surface area (Å²) in [6.45, 7) is 0. The maximum atomic E-state index is 12.0. The summed E-state index contributed by atoms with van der Waals surface area (Å²) in [5, 5.41) is 9.97. The van der Waals surface area contributed by atoms with E-state index >= 15 is 0 Å². The van der Waals surface area contributed by atoms with E-state index in [2.05, 4.69) is 4.99 Å². The summed E-state index contributed by atoms with van der Waals surface area (Å²) >= 11 is 1.33. The van der Waals surface area contributed by atoms with Crippen LogP contribution in [0.15, 0.2) is 76.6 Å². The third kappa shape index (κ3) is 3.75. The molecule has 0 saturated carbocycles. The van der Waals surface area contributed by atoms with E-state index in [9.17, 15) is 9.90 Å². The van der Waals surface area contributed by atoms with Gasteiger partial charge in [-0.2, -0.15) is 4.99 Å². The van der Waals surface area contributed by atoms with Crippen LogP contribution < -0.4 is 4.90 Å². The average Bonchev–Trinajstić information content (AvgIpc) is 2.97. The Morgan fingerprint density at radius 1 is 1.08 bits per heavy atom. The highest BCUT2D eigenvalue weighted by molar-refractivity contribution is 8.18. The van der Waals surface area contributed by atoms with Crippen LogP contribution in [0.25, 0.3) is 6.08 Å². The van der Waals surface area contributed by atoms with Gasteiger partial charge in [0.1, 0.15) is 5.75 Å². The van der Waals surface area contributed by atoms with Gasteiger partial charge in [-0.25, -0.2) is 0 Å². The molecule has 0 aromatic heterocycles. The number of anilines is 1. The van der Waals surface area contributed by atoms with Crippen LogP contribution in [0.2, 0.25) is 0 Å². The van der Waals surface area contributed by atoms with Crippen LogP contribution in [-0.4, -0.2) is 23.2 Å². The molecule has 5 heteroatoms. The highest BCUT2D eigenvalue weighted by atomic mass is 32.2. The number of allylic oxidation sites excluding steroid dienone is 2. The first-order valence-electron chi connectivity index (χ1n) is 7.40. The van der Waals surface area contributed by atoms with Crippen molar-refractivity contribution in [2.24, 2.45) is 4.99 Å². The van der Waals surface area contributed by atoms with Gasteiger partial charge in [-0.1, -0.05) is 42.5 Å². The second-order valence-electron chi connectivity index (χ2n) is 5.18. The number of aromatic hydroxyl groups is 1. The summed E-state index contributed by atoms with van der Waals surface area (Å²) in [7, 11) is 1.84. The molecule has 0 radical (unpaired) electrons. The lowest BCUT2D eigenvalue weighted by Crippen LogP contribution is -2.21. The lowest BCUT2D eigenvalue weighted by Gasteiger charge is -2.17. The van der Waals surface area contributed by atoms with Crippen LogP contribution in [0.4, 0.5) is 5.69 Å². The Morgan fingerprint density at radius 3 is 2.50 bits per heavy atom. The molecule has 1 N–H and O–H groups in total. The van der Waals surface area contributed by atoms with E-state index < -0.39 is 0 Å². The molecule has 0 saturated heterocycles. The molecule has 0 atom stereocenters. The summed E-state index contributed by atoms with van der Waals surface area (Å²) < 4.78 is 0. The third-order valence-electron chi connectivity index (χ3n) is 3.47. The molecular formula is C19H16N2O2S. The van der Waals surface area contributed by atoms with Crippen molar-refractivity contribution in [2.45, 2.75) is 0 Å². The number of nitrogens with zero attached hydrogens (tertiary/aromatic N) is 2. The number of amides is 1. The number of phenols is 1. The van der Waals surface area contributed by atoms with Crippen molar-refractivity contribution in [3.05, 3.63) is 77.2 Å². The van der Waals surface area contributed by atoms with Crippen LogP contribution in [-0.2, 0) is 4.79 Å². The third-order valence-corrected chi connectivity index (χ3v) is 4.55. The molecule has 0 spiro atoms. The van der Waals surface area contributed by atoms with Gasteiger partial charge in [0.05, 0.1) is 4.91 Å². The van der Waals surface area contributed by atoms with Crippen LogP contribution >= 0.6 is 11.8 Å². The van der Waals surface area contributed by atoms with Gasteiger partial charge in [0.15, 0.2) is 5.17 Å². The maximum absolute atomic E-state index is 12.0. The van der Waals surface area contributed by atoms with Crippen molar-refractivity contribution in [2.75, 3.05) is 11.9 Å². The smallest absolute Gasteiger partial charge is 0.286 e. The highest BCUT2D eigenvalue weighted by Gasteiger charge is 2.24. The number of thioether (sulfide) groups is 1. The number of amidine groups is 1. The lowest BCUT2D eigenvalue weighted by molar-refractivity contribution is -0.113. The summed E-state index contributed by atoms with van der Waals surface area (Å²) in [5.41, 5.74) is 1.93. The predicted molar refractivity (Wildman–Crippen MR) is 100 cm³/mol. The van der Waals surface area contributed by atoms with Gasteiger partial charge in [0, 0.05) is 12.7 Å². The van der Waals surface area contributed by atoms with Crippen LogP contribution in [0.3, 0.4) is 0 Å². The van der Waals surface area contributed by atoms with Crippen LogP contribution in [0.1, 0.15) is 5.56 Å². The van der Waals surface area contributed by atoms with Crippen molar-refractivity contribution in [1.29, 1.82) is 0 Å². The molecule has 0 aliphatic carbocycles. The van der Waals surface area contributed by atoms with Gasteiger partial charge in [-0.05, 0) is 47.7 Å². The second kappa shape index (κ2) is 7.19. The molecule has 2 aromatic rings. The van der Waals surface area contributed by atoms with Crippen LogP contribution in [0, 0.1) is 0 Å². The zero-order chi connectivity index (χ0) is 16.9. The van der Waals surface area contributed by atoms with Crippen LogP contribution in [0.5, 0.6) is 5.75 Å². The van der Waals surface area contributed by atoms with Crippen molar-refractivity contribution in [1.82, 2.24) is 0 Å². The van der Waals surface area contributed by atoms with Gasteiger partial charge in [-0.3, -0.25) is 4.79 Å². The summed E-state index contributed by atoms with van der Waals surface area (Å²) in [6.07, 6.45) is 5.58. The van der Waals surface area contributed by atoms with Gasteiger partial charge in [0.25, 0.3) is 5.91 Å². The Balaban J connectivity index is 1.70. The Labute approximate surface area is 144 Å². The molecular weight excluding hydrogens is 320 g/mol. The van der Waals surface area contributed by atoms with E-state index in [-0.39, 0.29) is 11.7 Å². The van der Waals surface area contributed by atoms with E-state index in [1.807, 2.05) is 54.4 Å². The quantitative estimate of drug-likeness (QED) is 0.859. The molecule has 1 aliphatic rings. The minimum absolute atomic E-state index is 0.205. The SMILES string of the molecule is CN(C1=NC(=O)C(=CC=Cc2ccccc2)S1)c1ccc(O)cc1. The van der Waals surface area contributed by atoms with Gasteiger partial charge in [0.2, 0.25) is 0 Å². The Morgan fingerprint density at radius 2 is 1.79 bits per heavy atom. The molecule has 0 fully saturated rings. The number of phenolic OH excluding ortho intramolecular Hbond substituents is 1. The van der Waals surface area contributed by atoms with Gasteiger partial charge < -0.3 is 10.0 Å². The molecule has 1 heterocycles. The minimum Gasteiger partial charge on any atom is -0.508 e. The van der Waals surface area contributed by atoms with E-state index in [0.29, 0.717) is 10.1 Å². The number of aliphatic imine (C=N–C) groups is 1. The fourth-order valence-electron chi connectivity index (χ4n) is 2.15. The minimum atomic E-state index is -0.238. The molecule has 24 heavy (non-hydrogen) atoms. The van der Waals surface area contributed by atoms with Gasteiger partial charge >= 0.3 is 0 Å². The Kier molecular flexibility index (Phi) is 4.82. The largest absolute Gasteiger partial charge is 0.508 e. The standard InChI is InChI=1S/C19H16N2O2S/c1-21(15-10-12-16(22)13-11-15)19-20-18(23)17(24-19)9-5-8-14-6-3-2-4-7-14/h2-13,22H,1H3. The monoisotopic (exact) mass is 336 g/mol. The van der Waals surface area contributed by atoms with Crippen molar-refractivity contribution >= 4 is 34.6 Å². The summed E-state index contributed by atoms with van der Waals surface area (Å²) in [5.74, 6) is -0.0331. The number of carbonyl (C=O) groups excluding carboxylic acids is 1. The predicted octanol–water partition coefficient (Wildman–Crippen LogP) is 4.06. The summed E-state index contributed by atoms with van der Waals surface area (Å²) in [4.78, 5) is 18.5. The lowest BCUT2D eigenvalue weighted by atomic mass is 10.2. The molecule has 1 amide bonds. The maximum Gasteiger partial charge on any atom is 0.286 e. The van der Waals surface area contributed by atoms with E-state index in [1.54, 1.807) is 30.3 Å². The van der Waals surface area contributed by atoms with E-state index in [0.717, 1.165) is 11.3 Å². The number of rotatable bonds is 3. The molecule has 2 aromatic carbocycles. The molecule has 0 unspecified atom stereocenters. The van der Waals surface area contributed by atoms with E-state index in [1.165, 1.54) is 11.8 Å². The highest BCUT2D eigenvalue weighted by Crippen LogP contribution is 2.30. The number of hydrogen-bond acceptors (Lipinski definition) is 4. The van der Waals surface area contributed by atoms with E-state index in [4.69, 9.17) is 0 Å². The fraction of sp³-hybridized carbons (Fsp3) is 0.0526.